The molecule has 5 fully saturated rings. The van der Waals surface area contributed by atoms with Crippen LogP contribution in [0.5, 0.6) is 0 Å². The first-order valence-corrected chi connectivity index (χ1v) is 11.7. The molecule has 1 unspecified atom stereocenters. The highest BCUT2D eigenvalue weighted by Crippen LogP contribution is 2.55. The molecule has 26 heavy (non-hydrogen) atoms. The summed E-state index contributed by atoms with van der Waals surface area (Å²) >= 11 is 0. The molecule has 3 aliphatic heterocycles. The summed E-state index contributed by atoms with van der Waals surface area (Å²) in [6.07, 6.45) is 14.9. The highest BCUT2D eigenvalue weighted by atomic mass is 15.2. The Morgan fingerprint density at radius 2 is 1.23 bits per heavy atom. The van der Waals surface area contributed by atoms with Crippen LogP contribution < -0.4 is 0 Å². The van der Waals surface area contributed by atoms with Crippen LogP contribution in [0.4, 0.5) is 0 Å². The molecule has 0 bridgehead atoms. The Hall–Kier alpha value is -0.120. The molecule has 0 radical (unpaired) electrons. The fourth-order valence-corrected chi connectivity index (χ4v) is 7.23. The van der Waals surface area contributed by atoms with Crippen molar-refractivity contribution in [2.45, 2.75) is 83.2 Å². The third-order valence-electron chi connectivity index (χ3n) is 9.30. The first kappa shape index (κ1) is 17.9. The van der Waals surface area contributed by atoms with Gasteiger partial charge < -0.3 is 14.7 Å². The van der Waals surface area contributed by atoms with Crippen LogP contribution >= 0.6 is 0 Å². The quantitative estimate of drug-likeness (QED) is 0.742. The van der Waals surface area contributed by atoms with E-state index in [0.717, 1.165) is 28.8 Å². The Morgan fingerprint density at radius 3 is 1.81 bits per heavy atom. The number of likely N-dealkylation sites (tertiary alicyclic amines) is 3. The Morgan fingerprint density at radius 1 is 0.692 bits per heavy atom. The monoisotopic (exact) mass is 359 g/mol. The maximum Gasteiger partial charge on any atom is 0.0106 e. The van der Waals surface area contributed by atoms with Gasteiger partial charge in [0.05, 0.1) is 0 Å². The molecule has 0 aromatic heterocycles. The first-order valence-electron chi connectivity index (χ1n) is 11.7. The summed E-state index contributed by atoms with van der Waals surface area (Å²) in [4.78, 5) is 8.27. The van der Waals surface area contributed by atoms with Crippen LogP contribution in [0, 0.1) is 16.7 Å². The molecule has 3 saturated heterocycles. The van der Waals surface area contributed by atoms with E-state index in [-0.39, 0.29) is 0 Å². The summed E-state index contributed by atoms with van der Waals surface area (Å²) in [6, 6.07) is 1.88. The fraction of sp³-hybridized carbons (Fsp3) is 1.00. The molecule has 5 rings (SSSR count). The smallest absolute Gasteiger partial charge is 0.0106 e. The summed E-state index contributed by atoms with van der Waals surface area (Å²) in [7, 11) is 2.30. The molecule has 2 saturated carbocycles. The standard InChI is InChI=1S/C23H41N3/c1-19-4-3-9-26(18-19)21-16-23(17-21)7-12-25(13-8-23)20-14-22(15-20)5-10-24(2)11-6-22/h19-21H,3-18H2,1-2H3. The van der Waals surface area contributed by atoms with Crippen LogP contribution in [-0.2, 0) is 0 Å². The van der Waals surface area contributed by atoms with E-state index >= 15 is 0 Å². The zero-order valence-electron chi connectivity index (χ0n) is 17.4. The molecule has 0 aromatic carbocycles. The lowest BCUT2D eigenvalue weighted by molar-refractivity contribution is -0.0905. The van der Waals surface area contributed by atoms with Gasteiger partial charge in [0.2, 0.25) is 0 Å². The second-order valence-corrected chi connectivity index (χ2v) is 11.2. The molecule has 0 aromatic rings. The Kier molecular flexibility index (Phi) is 4.65. The van der Waals surface area contributed by atoms with Gasteiger partial charge in [0.25, 0.3) is 0 Å². The van der Waals surface area contributed by atoms with Crippen LogP contribution in [0.2, 0.25) is 0 Å². The lowest BCUT2D eigenvalue weighted by Gasteiger charge is -2.60. The lowest BCUT2D eigenvalue weighted by Crippen LogP contribution is -2.60. The largest absolute Gasteiger partial charge is 0.306 e. The van der Waals surface area contributed by atoms with Crippen molar-refractivity contribution in [2.75, 3.05) is 46.3 Å². The number of rotatable bonds is 2. The topological polar surface area (TPSA) is 9.72 Å². The van der Waals surface area contributed by atoms with Crippen LogP contribution in [-0.4, -0.2) is 73.1 Å². The van der Waals surface area contributed by atoms with E-state index in [9.17, 15) is 0 Å². The van der Waals surface area contributed by atoms with E-state index < -0.39 is 0 Å². The second-order valence-electron chi connectivity index (χ2n) is 11.2. The van der Waals surface area contributed by atoms with Gasteiger partial charge in [-0.3, -0.25) is 0 Å². The third kappa shape index (κ3) is 3.26. The van der Waals surface area contributed by atoms with E-state index in [1.54, 1.807) is 0 Å². The van der Waals surface area contributed by atoms with Gasteiger partial charge in [-0.15, -0.1) is 0 Å². The van der Waals surface area contributed by atoms with Crippen molar-refractivity contribution in [2.24, 2.45) is 16.7 Å². The highest BCUT2D eigenvalue weighted by Gasteiger charge is 2.51. The molecular formula is C23H41N3. The summed E-state index contributed by atoms with van der Waals surface area (Å²) in [5.74, 6) is 0.938. The number of hydrogen-bond acceptors (Lipinski definition) is 3. The van der Waals surface area contributed by atoms with Crippen molar-refractivity contribution in [3.05, 3.63) is 0 Å². The Labute approximate surface area is 161 Å². The van der Waals surface area contributed by atoms with Crippen LogP contribution in [0.15, 0.2) is 0 Å². The molecule has 3 nitrogen and oxygen atoms in total. The van der Waals surface area contributed by atoms with Crippen molar-refractivity contribution >= 4 is 0 Å². The van der Waals surface area contributed by atoms with Gasteiger partial charge in [0, 0.05) is 18.6 Å². The average Bonchev–Trinajstić information content (AvgIpc) is 2.59. The van der Waals surface area contributed by atoms with Crippen LogP contribution in [0.1, 0.15) is 71.1 Å². The van der Waals surface area contributed by atoms with Crippen LogP contribution in [0.3, 0.4) is 0 Å². The predicted molar refractivity (Wildman–Crippen MR) is 108 cm³/mol. The van der Waals surface area contributed by atoms with Gasteiger partial charge in [0.1, 0.15) is 0 Å². The molecule has 1 atom stereocenters. The second kappa shape index (κ2) is 6.74. The number of hydrogen-bond donors (Lipinski definition) is 0. The number of piperidine rings is 3. The number of nitrogens with zero attached hydrogens (tertiary/aromatic N) is 3. The molecule has 5 aliphatic rings. The molecule has 3 heterocycles. The van der Waals surface area contributed by atoms with Crippen molar-refractivity contribution in [1.82, 2.24) is 14.7 Å². The van der Waals surface area contributed by atoms with Gasteiger partial charge in [-0.1, -0.05) is 6.92 Å². The van der Waals surface area contributed by atoms with Crippen molar-refractivity contribution in [1.29, 1.82) is 0 Å². The van der Waals surface area contributed by atoms with Gasteiger partial charge in [-0.2, -0.15) is 0 Å². The summed E-state index contributed by atoms with van der Waals surface area (Å²) in [5, 5.41) is 0. The van der Waals surface area contributed by atoms with Crippen molar-refractivity contribution in [3.8, 4) is 0 Å². The minimum absolute atomic E-state index is 0.747. The highest BCUT2D eigenvalue weighted by molar-refractivity contribution is 5.05. The van der Waals surface area contributed by atoms with Crippen molar-refractivity contribution in [3.63, 3.8) is 0 Å². The third-order valence-corrected chi connectivity index (χ3v) is 9.30. The Balaban J connectivity index is 1.06. The molecular weight excluding hydrogens is 318 g/mol. The molecule has 2 spiro atoms. The summed E-state index contributed by atoms with van der Waals surface area (Å²) in [6.45, 7) is 10.7. The zero-order chi connectivity index (χ0) is 17.8. The first-order chi connectivity index (χ1) is 12.5. The SMILES string of the molecule is CC1CCCN(C2CC3(CCN(C4CC5(CCN(C)CC5)C4)CC3)C2)C1. The maximum atomic E-state index is 2.89. The minimum atomic E-state index is 0.747. The van der Waals surface area contributed by atoms with Gasteiger partial charge in [-0.05, 0) is 121 Å². The summed E-state index contributed by atoms with van der Waals surface area (Å²) in [5.41, 5.74) is 1.50. The Bertz CT molecular complexity index is 486. The van der Waals surface area contributed by atoms with Crippen LogP contribution in [0.25, 0.3) is 0 Å². The van der Waals surface area contributed by atoms with E-state index in [1.807, 2.05) is 0 Å². The lowest BCUT2D eigenvalue weighted by atomic mass is 9.57. The van der Waals surface area contributed by atoms with E-state index in [1.165, 1.54) is 103 Å². The zero-order valence-corrected chi connectivity index (χ0v) is 17.4. The molecule has 0 N–H and O–H groups in total. The molecule has 0 amide bonds. The molecule has 148 valence electrons. The predicted octanol–water partition coefficient (Wildman–Crippen LogP) is 3.84. The van der Waals surface area contributed by atoms with E-state index in [0.29, 0.717) is 0 Å². The summed E-state index contributed by atoms with van der Waals surface area (Å²) < 4.78 is 0. The van der Waals surface area contributed by atoms with E-state index in [4.69, 9.17) is 0 Å². The minimum Gasteiger partial charge on any atom is -0.306 e. The fourth-order valence-electron chi connectivity index (χ4n) is 7.23. The molecule has 2 aliphatic carbocycles. The van der Waals surface area contributed by atoms with Crippen molar-refractivity contribution < 1.29 is 0 Å². The van der Waals surface area contributed by atoms with E-state index in [2.05, 4.69) is 28.7 Å². The van der Waals surface area contributed by atoms with Gasteiger partial charge in [-0.25, -0.2) is 0 Å². The molecule has 3 heteroatoms. The maximum absolute atomic E-state index is 2.89. The average molecular weight is 360 g/mol. The van der Waals surface area contributed by atoms with Gasteiger partial charge >= 0.3 is 0 Å². The normalized spacial score (nSPS) is 39.0. The van der Waals surface area contributed by atoms with Gasteiger partial charge in [0.15, 0.2) is 0 Å².